The first-order chi connectivity index (χ1) is 10.7. The van der Waals surface area contributed by atoms with Crippen molar-refractivity contribution in [2.24, 2.45) is 7.05 Å². The number of aromatic nitrogens is 2. The van der Waals surface area contributed by atoms with Crippen molar-refractivity contribution in [1.29, 1.82) is 0 Å². The van der Waals surface area contributed by atoms with Crippen LogP contribution in [-0.4, -0.2) is 36.1 Å². The molecule has 8 heteroatoms. The van der Waals surface area contributed by atoms with Gasteiger partial charge in [0.05, 0.1) is 18.9 Å². The number of morpholine rings is 1. The van der Waals surface area contributed by atoms with E-state index in [0.29, 0.717) is 11.6 Å². The Morgan fingerprint density at radius 2 is 2.08 bits per heavy atom. The van der Waals surface area contributed by atoms with E-state index in [0.717, 1.165) is 43.3 Å². The minimum absolute atomic E-state index is 0. The van der Waals surface area contributed by atoms with Crippen molar-refractivity contribution in [2.45, 2.75) is 12.5 Å². The number of nitrogens with zero attached hydrogens (tertiary/aromatic N) is 2. The smallest absolute Gasteiger partial charge is 0.119 e. The maximum Gasteiger partial charge on any atom is 0.119 e. The SMILES string of the molecule is Cl.Cl.Cn1nc(C2CNCCO2)cc1CCOc1ccc(Cl)cc1. The second-order valence-corrected chi connectivity index (χ2v) is 5.74. The van der Waals surface area contributed by atoms with Crippen molar-refractivity contribution < 1.29 is 9.47 Å². The average molecular weight is 395 g/mol. The third-order valence-corrected chi connectivity index (χ3v) is 3.95. The molecule has 3 rings (SSSR count). The number of benzene rings is 1. The van der Waals surface area contributed by atoms with Gasteiger partial charge in [0.25, 0.3) is 0 Å². The van der Waals surface area contributed by atoms with Gasteiger partial charge in [0, 0.05) is 37.3 Å². The van der Waals surface area contributed by atoms with Crippen molar-refractivity contribution in [3.63, 3.8) is 0 Å². The van der Waals surface area contributed by atoms with Gasteiger partial charge in [-0.2, -0.15) is 5.10 Å². The summed E-state index contributed by atoms with van der Waals surface area (Å²) in [4.78, 5) is 0. The average Bonchev–Trinajstić information content (AvgIpc) is 2.91. The van der Waals surface area contributed by atoms with Gasteiger partial charge in [0.1, 0.15) is 11.9 Å². The Hall–Kier alpha value is -0.980. The van der Waals surface area contributed by atoms with Crippen molar-refractivity contribution in [2.75, 3.05) is 26.3 Å². The van der Waals surface area contributed by atoms with E-state index in [1.807, 2.05) is 36.0 Å². The minimum Gasteiger partial charge on any atom is -0.493 e. The number of hydrogen-bond acceptors (Lipinski definition) is 4. The molecule has 1 aliphatic heterocycles. The number of hydrogen-bond donors (Lipinski definition) is 1. The topological polar surface area (TPSA) is 48.3 Å². The lowest BCUT2D eigenvalue weighted by atomic mass is 10.2. The maximum atomic E-state index is 5.85. The van der Waals surface area contributed by atoms with Gasteiger partial charge in [-0.15, -0.1) is 24.8 Å². The van der Waals surface area contributed by atoms with E-state index in [2.05, 4.69) is 16.5 Å². The van der Waals surface area contributed by atoms with Gasteiger partial charge in [-0.1, -0.05) is 11.6 Å². The summed E-state index contributed by atoms with van der Waals surface area (Å²) in [6.45, 7) is 3.06. The summed E-state index contributed by atoms with van der Waals surface area (Å²) in [7, 11) is 1.96. The molecule has 1 aliphatic rings. The standard InChI is InChI=1S/C16H20ClN3O2.2ClH/c1-20-13(6-8-21-14-4-2-12(17)3-5-14)10-15(19-20)16-11-18-7-9-22-16;;/h2-5,10,16,18H,6-9,11H2,1H3;2*1H. The van der Waals surface area contributed by atoms with Crippen LogP contribution in [0.15, 0.2) is 30.3 Å². The van der Waals surface area contributed by atoms with E-state index >= 15 is 0 Å². The van der Waals surface area contributed by atoms with Gasteiger partial charge in [-0.25, -0.2) is 0 Å². The second-order valence-electron chi connectivity index (χ2n) is 5.30. The lowest BCUT2D eigenvalue weighted by molar-refractivity contribution is 0.0247. The molecule has 1 fully saturated rings. The van der Waals surface area contributed by atoms with E-state index in [4.69, 9.17) is 21.1 Å². The molecule has 1 N–H and O–H groups in total. The molecule has 1 saturated heterocycles. The van der Waals surface area contributed by atoms with E-state index in [1.165, 1.54) is 0 Å². The summed E-state index contributed by atoms with van der Waals surface area (Å²) in [6.07, 6.45) is 0.845. The van der Waals surface area contributed by atoms with Gasteiger partial charge < -0.3 is 14.8 Å². The number of nitrogens with one attached hydrogen (secondary N) is 1. The predicted molar refractivity (Wildman–Crippen MR) is 99.9 cm³/mol. The first-order valence-corrected chi connectivity index (χ1v) is 7.83. The number of aryl methyl sites for hydroxylation is 1. The van der Waals surface area contributed by atoms with Crippen molar-refractivity contribution in [1.82, 2.24) is 15.1 Å². The predicted octanol–water partition coefficient (Wildman–Crippen LogP) is 3.20. The van der Waals surface area contributed by atoms with Gasteiger partial charge in [0.2, 0.25) is 0 Å². The second kappa shape index (κ2) is 10.1. The molecule has 0 saturated carbocycles. The van der Waals surface area contributed by atoms with Crippen LogP contribution in [-0.2, 0) is 18.2 Å². The summed E-state index contributed by atoms with van der Waals surface area (Å²) in [5.41, 5.74) is 2.12. The van der Waals surface area contributed by atoms with Crippen molar-refractivity contribution >= 4 is 36.4 Å². The van der Waals surface area contributed by atoms with E-state index in [9.17, 15) is 0 Å². The lowest BCUT2D eigenvalue weighted by Crippen LogP contribution is -2.33. The highest BCUT2D eigenvalue weighted by Gasteiger charge is 2.19. The molecule has 0 aliphatic carbocycles. The number of halogens is 3. The largest absolute Gasteiger partial charge is 0.493 e. The highest BCUT2D eigenvalue weighted by molar-refractivity contribution is 6.30. The highest BCUT2D eigenvalue weighted by Crippen LogP contribution is 2.19. The zero-order valence-electron chi connectivity index (χ0n) is 13.4. The molecular formula is C16H22Cl3N3O2. The highest BCUT2D eigenvalue weighted by atomic mass is 35.5. The van der Waals surface area contributed by atoms with E-state index in [-0.39, 0.29) is 30.9 Å². The molecule has 1 aromatic heterocycles. The molecule has 1 unspecified atom stereocenters. The van der Waals surface area contributed by atoms with Crippen LogP contribution in [0.4, 0.5) is 0 Å². The molecule has 0 spiro atoms. The molecule has 1 aromatic carbocycles. The zero-order chi connectivity index (χ0) is 15.4. The molecule has 0 radical (unpaired) electrons. The Bertz CT molecular complexity index is 614. The van der Waals surface area contributed by atoms with Crippen LogP contribution in [0.2, 0.25) is 5.02 Å². The monoisotopic (exact) mass is 393 g/mol. The Morgan fingerprint density at radius 3 is 2.75 bits per heavy atom. The summed E-state index contributed by atoms with van der Waals surface area (Å²) in [5.74, 6) is 0.826. The molecular weight excluding hydrogens is 373 g/mol. The van der Waals surface area contributed by atoms with Crippen molar-refractivity contribution in [3.8, 4) is 5.75 Å². The minimum atomic E-state index is 0. The van der Waals surface area contributed by atoms with Gasteiger partial charge in [-0.05, 0) is 30.3 Å². The molecule has 134 valence electrons. The maximum absolute atomic E-state index is 5.85. The van der Waals surface area contributed by atoms with E-state index < -0.39 is 0 Å². The van der Waals surface area contributed by atoms with Crippen LogP contribution >= 0.6 is 36.4 Å². The summed E-state index contributed by atoms with van der Waals surface area (Å²) in [6, 6.07) is 9.50. The number of rotatable bonds is 5. The van der Waals surface area contributed by atoms with Crippen molar-refractivity contribution in [3.05, 3.63) is 46.7 Å². The fourth-order valence-electron chi connectivity index (χ4n) is 2.48. The Kier molecular flexibility index (Phi) is 8.87. The summed E-state index contributed by atoms with van der Waals surface area (Å²) in [5, 5.41) is 8.58. The first-order valence-electron chi connectivity index (χ1n) is 7.46. The number of ether oxygens (including phenoxy) is 2. The molecule has 2 aromatic rings. The normalized spacial score (nSPS) is 16.8. The van der Waals surface area contributed by atoms with Crippen LogP contribution in [0, 0.1) is 0 Å². The van der Waals surface area contributed by atoms with E-state index in [1.54, 1.807) is 0 Å². The molecule has 0 bridgehead atoms. The Morgan fingerprint density at radius 1 is 1.33 bits per heavy atom. The third kappa shape index (κ3) is 5.53. The van der Waals surface area contributed by atoms with Gasteiger partial charge in [0.15, 0.2) is 0 Å². The van der Waals surface area contributed by atoms with Gasteiger partial charge >= 0.3 is 0 Å². The Balaban J connectivity index is 0.00000144. The van der Waals surface area contributed by atoms with Crippen LogP contribution in [0.25, 0.3) is 0 Å². The quantitative estimate of drug-likeness (QED) is 0.846. The lowest BCUT2D eigenvalue weighted by Gasteiger charge is -2.21. The van der Waals surface area contributed by atoms with Crippen LogP contribution < -0.4 is 10.1 Å². The summed E-state index contributed by atoms with van der Waals surface area (Å²) < 4.78 is 13.4. The molecule has 1 atom stereocenters. The van der Waals surface area contributed by atoms with Crippen LogP contribution in [0.5, 0.6) is 5.75 Å². The van der Waals surface area contributed by atoms with Gasteiger partial charge in [-0.3, -0.25) is 4.68 Å². The molecule has 0 amide bonds. The van der Waals surface area contributed by atoms with Crippen LogP contribution in [0.1, 0.15) is 17.5 Å². The molecule has 2 heterocycles. The summed E-state index contributed by atoms with van der Waals surface area (Å²) >= 11 is 5.85. The third-order valence-electron chi connectivity index (χ3n) is 3.69. The van der Waals surface area contributed by atoms with Crippen LogP contribution in [0.3, 0.4) is 0 Å². The fourth-order valence-corrected chi connectivity index (χ4v) is 2.61. The Labute approximate surface area is 159 Å². The first kappa shape index (κ1) is 21.1. The molecule has 5 nitrogen and oxygen atoms in total. The zero-order valence-corrected chi connectivity index (χ0v) is 15.8. The fraction of sp³-hybridized carbons (Fsp3) is 0.438. The molecule has 24 heavy (non-hydrogen) atoms.